The number of hydrogen-bond acceptors (Lipinski definition) is 6. The zero-order valence-corrected chi connectivity index (χ0v) is 21.2. The van der Waals surface area contributed by atoms with E-state index in [9.17, 15) is 4.79 Å². The number of nitrogens with zero attached hydrogens (tertiary/aromatic N) is 1. The molecular formula is C27H25BrN2O5. The van der Waals surface area contributed by atoms with Crippen molar-refractivity contribution in [3.05, 3.63) is 87.6 Å². The number of amides is 1. The van der Waals surface area contributed by atoms with Gasteiger partial charge in [0.25, 0.3) is 0 Å². The number of carbonyl (C=O) groups excluding carboxylic acids is 1. The molecule has 1 heterocycles. The van der Waals surface area contributed by atoms with Crippen LogP contribution in [0.5, 0.6) is 17.2 Å². The quantitative estimate of drug-likeness (QED) is 0.202. The van der Waals surface area contributed by atoms with E-state index in [2.05, 4.69) is 26.5 Å². The van der Waals surface area contributed by atoms with Gasteiger partial charge in [-0.25, -0.2) is 5.43 Å². The number of nitrogens with one attached hydrogen (secondary N) is 1. The second-order valence-corrected chi connectivity index (χ2v) is 8.60. The van der Waals surface area contributed by atoms with Crippen molar-refractivity contribution in [2.45, 2.75) is 20.5 Å². The van der Waals surface area contributed by atoms with E-state index in [1.54, 1.807) is 31.4 Å². The van der Waals surface area contributed by atoms with Crippen molar-refractivity contribution in [1.82, 2.24) is 5.43 Å². The Morgan fingerprint density at radius 2 is 1.86 bits per heavy atom. The fraction of sp³-hybridized carbons (Fsp3) is 0.185. The van der Waals surface area contributed by atoms with Crippen LogP contribution in [0.25, 0.3) is 11.0 Å². The summed E-state index contributed by atoms with van der Waals surface area (Å²) in [7, 11) is 1.57. The molecule has 0 aliphatic rings. The van der Waals surface area contributed by atoms with Crippen molar-refractivity contribution in [3.8, 4) is 17.2 Å². The summed E-state index contributed by atoms with van der Waals surface area (Å²) in [6.07, 6.45) is 1.52. The minimum atomic E-state index is -0.462. The van der Waals surface area contributed by atoms with E-state index in [-0.39, 0.29) is 5.76 Å². The Morgan fingerprint density at radius 3 is 2.60 bits per heavy atom. The van der Waals surface area contributed by atoms with Gasteiger partial charge in [0.15, 0.2) is 17.3 Å². The average Bonchev–Trinajstić information content (AvgIpc) is 3.28. The maximum Gasteiger partial charge on any atom is 0.307 e. The van der Waals surface area contributed by atoms with Crippen LogP contribution in [0.4, 0.5) is 0 Å². The monoisotopic (exact) mass is 536 g/mol. The Morgan fingerprint density at radius 1 is 1.06 bits per heavy atom. The van der Waals surface area contributed by atoms with Crippen molar-refractivity contribution < 1.29 is 23.4 Å². The summed E-state index contributed by atoms with van der Waals surface area (Å²) < 4.78 is 23.3. The molecule has 4 aromatic rings. The molecule has 0 fully saturated rings. The number of ether oxygens (including phenoxy) is 3. The number of hydrogen-bond donors (Lipinski definition) is 1. The van der Waals surface area contributed by atoms with E-state index in [0.717, 1.165) is 21.2 Å². The van der Waals surface area contributed by atoms with Crippen LogP contribution in [0, 0.1) is 6.92 Å². The number of furan rings is 1. The normalized spacial score (nSPS) is 11.1. The lowest BCUT2D eigenvalue weighted by atomic mass is 10.2. The molecular weight excluding hydrogens is 512 g/mol. The average molecular weight is 537 g/mol. The molecule has 8 heteroatoms. The molecule has 7 nitrogen and oxygen atoms in total. The van der Waals surface area contributed by atoms with E-state index in [1.165, 1.54) is 11.8 Å². The van der Waals surface area contributed by atoms with Crippen LogP contribution in [0.1, 0.15) is 34.2 Å². The molecule has 180 valence electrons. The number of methoxy groups -OCH3 is 1. The zero-order valence-electron chi connectivity index (χ0n) is 19.6. The molecule has 0 bridgehead atoms. The highest BCUT2D eigenvalue weighted by molar-refractivity contribution is 9.10. The molecule has 0 aliphatic carbocycles. The fourth-order valence-corrected chi connectivity index (χ4v) is 3.80. The minimum absolute atomic E-state index is 0.155. The number of benzene rings is 3. The van der Waals surface area contributed by atoms with Crippen LogP contribution in [0.2, 0.25) is 0 Å². The first-order chi connectivity index (χ1) is 17.0. The molecule has 1 N–H and O–H groups in total. The summed E-state index contributed by atoms with van der Waals surface area (Å²) in [5.41, 5.74) is 6.04. The highest BCUT2D eigenvalue weighted by Gasteiger charge is 2.13. The Labute approximate surface area is 211 Å². The van der Waals surface area contributed by atoms with Crippen LogP contribution in [-0.4, -0.2) is 25.8 Å². The molecule has 1 aromatic heterocycles. The zero-order chi connectivity index (χ0) is 24.8. The lowest BCUT2D eigenvalue weighted by molar-refractivity contribution is 0.0929. The molecule has 0 aliphatic heterocycles. The van der Waals surface area contributed by atoms with Crippen molar-refractivity contribution in [3.63, 3.8) is 0 Å². The molecule has 0 radical (unpaired) electrons. The molecule has 1 amide bonds. The number of rotatable bonds is 9. The summed E-state index contributed by atoms with van der Waals surface area (Å²) in [4.78, 5) is 12.5. The standard InChI is InChI=1S/C27H25BrN2O5/c1-4-33-21-9-10-23-19(11-21)12-26(35-23)27(31)30-29-15-20-13-24(32-3)25(14-22(20)28)34-16-18-7-5-17(2)6-8-18/h5-15H,4,16H2,1-3H3,(H,30,31)/b29-15+. The minimum Gasteiger partial charge on any atom is -0.494 e. The SMILES string of the molecule is CCOc1ccc2oc(C(=O)N/N=C/c3cc(OC)c(OCc4ccc(C)cc4)cc3Br)cc2c1. The van der Waals surface area contributed by atoms with Crippen molar-refractivity contribution >= 4 is 39.0 Å². The van der Waals surface area contributed by atoms with E-state index in [1.807, 2.05) is 50.2 Å². The van der Waals surface area contributed by atoms with E-state index in [4.69, 9.17) is 18.6 Å². The van der Waals surface area contributed by atoms with Crippen molar-refractivity contribution in [2.75, 3.05) is 13.7 Å². The summed E-state index contributed by atoms with van der Waals surface area (Å²) in [6.45, 7) is 4.93. The predicted molar refractivity (Wildman–Crippen MR) is 139 cm³/mol. The van der Waals surface area contributed by atoms with Gasteiger partial charge in [0.2, 0.25) is 0 Å². The first-order valence-electron chi connectivity index (χ1n) is 11.0. The Bertz CT molecular complexity index is 1360. The highest BCUT2D eigenvalue weighted by Crippen LogP contribution is 2.33. The lowest BCUT2D eigenvalue weighted by Crippen LogP contribution is -2.16. The first kappa shape index (κ1) is 24.3. The molecule has 35 heavy (non-hydrogen) atoms. The van der Waals surface area contributed by atoms with Gasteiger partial charge in [0.1, 0.15) is 17.9 Å². The van der Waals surface area contributed by atoms with Crippen LogP contribution < -0.4 is 19.6 Å². The third kappa shape index (κ3) is 6.02. The topological polar surface area (TPSA) is 82.3 Å². The van der Waals surface area contributed by atoms with Crippen LogP contribution in [0.15, 0.2) is 74.7 Å². The van der Waals surface area contributed by atoms with Crippen LogP contribution in [0.3, 0.4) is 0 Å². The number of fused-ring (bicyclic) bond motifs is 1. The molecule has 0 atom stereocenters. The Balaban J connectivity index is 1.43. The van der Waals surface area contributed by atoms with Crippen molar-refractivity contribution in [1.29, 1.82) is 0 Å². The third-order valence-electron chi connectivity index (χ3n) is 5.19. The maximum absolute atomic E-state index is 12.5. The van der Waals surface area contributed by atoms with Gasteiger partial charge in [-0.15, -0.1) is 0 Å². The largest absolute Gasteiger partial charge is 0.494 e. The smallest absolute Gasteiger partial charge is 0.307 e. The lowest BCUT2D eigenvalue weighted by Gasteiger charge is -2.13. The summed E-state index contributed by atoms with van der Waals surface area (Å²) >= 11 is 3.53. The molecule has 0 spiro atoms. The van der Waals surface area contributed by atoms with Gasteiger partial charge in [0, 0.05) is 15.4 Å². The van der Waals surface area contributed by atoms with Gasteiger partial charge in [-0.2, -0.15) is 5.10 Å². The van der Waals surface area contributed by atoms with Gasteiger partial charge in [0.05, 0.1) is 19.9 Å². The fourth-order valence-electron chi connectivity index (χ4n) is 3.37. The number of aryl methyl sites for hydroxylation is 1. The summed E-state index contributed by atoms with van der Waals surface area (Å²) in [5.74, 6) is 1.56. The first-order valence-corrected chi connectivity index (χ1v) is 11.8. The summed E-state index contributed by atoms with van der Waals surface area (Å²) in [5, 5.41) is 4.84. The second kappa shape index (κ2) is 11.1. The van der Waals surface area contributed by atoms with E-state index in [0.29, 0.717) is 35.9 Å². The van der Waals surface area contributed by atoms with Gasteiger partial charge < -0.3 is 18.6 Å². The number of halogens is 1. The summed E-state index contributed by atoms with van der Waals surface area (Å²) in [6, 6.07) is 18.8. The second-order valence-electron chi connectivity index (χ2n) is 7.74. The van der Waals surface area contributed by atoms with Crippen LogP contribution in [-0.2, 0) is 6.61 Å². The Kier molecular flexibility index (Phi) is 7.72. The predicted octanol–water partition coefficient (Wildman–Crippen LogP) is 6.25. The van der Waals surface area contributed by atoms with Crippen molar-refractivity contribution in [2.24, 2.45) is 5.10 Å². The number of hydrazone groups is 1. The molecule has 0 saturated heterocycles. The molecule has 4 rings (SSSR count). The van der Waals surface area contributed by atoms with E-state index < -0.39 is 5.91 Å². The Hall–Kier alpha value is -3.78. The van der Waals surface area contributed by atoms with Crippen LogP contribution >= 0.6 is 15.9 Å². The van der Waals surface area contributed by atoms with Gasteiger partial charge >= 0.3 is 5.91 Å². The van der Waals surface area contributed by atoms with Gasteiger partial charge in [-0.1, -0.05) is 29.8 Å². The van der Waals surface area contributed by atoms with Gasteiger partial charge in [-0.3, -0.25) is 4.79 Å². The molecule has 0 unspecified atom stereocenters. The molecule has 3 aromatic carbocycles. The van der Waals surface area contributed by atoms with E-state index >= 15 is 0 Å². The maximum atomic E-state index is 12.5. The third-order valence-corrected chi connectivity index (χ3v) is 5.88. The molecule has 0 saturated carbocycles. The van der Waals surface area contributed by atoms with Gasteiger partial charge in [-0.05, 0) is 71.7 Å². The highest BCUT2D eigenvalue weighted by atomic mass is 79.9. The number of carbonyl (C=O) groups is 1.